The molecule has 0 aromatic carbocycles. The maximum absolute atomic E-state index is 6.05. The summed E-state index contributed by atoms with van der Waals surface area (Å²) < 4.78 is 7.29. The van der Waals surface area contributed by atoms with Gasteiger partial charge in [-0.15, -0.1) is 0 Å². The second kappa shape index (κ2) is 4.50. The maximum atomic E-state index is 6.05. The first kappa shape index (κ1) is 8.73. The molecule has 0 spiro atoms. The average molecular weight is 182 g/mol. The Kier molecular flexibility index (Phi) is 3.93. The molecule has 0 N–H and O–H groups in total. The molecule has 1 fully saturated rings. The van der Waals surface area contributed by atoms with E-state index in [9.17, 15) is 0 Å². The molecule has 0 amide bonds. The molecular formula is C6H13ClNOP. The Morgan fingerprint density at radius 2 is 2.10 bits per heavy atom. The summed E-state index contributed by atoms with van der Waals surface area (Å²) in [6.45, 7) is 2.33. The maximum Gasteiger partial charge on any atom is 0.0934 e. The van der Waals surface area contributed by atoms with Crippen LogP contribution in [0.1, 0.15) is 12.8 Å². The molecule has 1 heterocycles. The number of methoxy groups -OCH3 is 1. The SMILES string of the molecule is COCP(Cl)N1CCCC1. The Labute approximate surface area is 68.1 Å². The molecule has 0 saturated carbocycles. The van der Waals surface area contributed by atoms with E-state index in [0.717, 1.165) is 0 Å². The molecule has 0 aromatic rings. The number of nitrogens with zero attached hydrogens (tertiary/aromatic N) is 1. The molecule has 0 aliphatic carbocycles. The van der Waals surface area contributed by atoms with Crippen molar-refractivity contribution in [1.82, 2.24) is 4.67 Å². The molecule has 1 saturated heterocycles. The summed E-state index contributed by atoms with van der Waals surface area (Å²) in [6.07, 6.45) is 3.31. The fourth-order valence-corrected chi connectivity index (χ4v) is 2.95. The summed E-state index contributed by atoms with van der Waals surface area (Å²) in [4.78, 5) is 0. The molecule has 1 atom stereocenters. The van der Waals surface area contributed by atoms with Crippen LogP contribution in [0.25, 0.3) is 0 Å². The van der Waals surface area contributed by atoms with Gasteiger partial charge in [-0.1, -0.05) is 11.2 Å². The molecular weight excluding hydrogens is 168 g/mol. The van der Waals surface area contributed by atoms with Crippen molar-refractivity contribution in [1.29, 1.82) is 0 Å². The highest BCUT2D eigenvalue weighted by atomic mass is 35.7. The topological polar surface area (TPSA) is 12.5 Å². The molecule has 0 bridgehead atoms. The minimum atomic E-state index is -0.498. The molecule has 2 nitrogen and oxygen atoms in total. The summed E-state index contributed by atoms with van der Waals surface area (Å²) >= 11 is 6.05. The van der Waals surface area contributed by atoms with E-state index < -0.39 is 7.43 Å². The number of rotatable bonds is 3. The van der Waals surface area contributed by atoms with Crippen LogP contribution in [0.2, 0.25) is 0 Å². The molecule has 1 aliphatic heterocycles. The van der Waals surface area contributed by atoms with Gasteiger partial charge >= 0.3 is 0 Å². The van der Waals surface area contributed by atoms with Crippen LogP contribution in [0.15, 0.2) is 0 Å². The van der Waals surface area contributed by atoms with Gasteiger partial charge in [0.05, 0.1) is 13.8 Å². The van der Waals surface area contributed by atoms with Crippen molar-refractivity contribution in [2.24, 2.45) is 0 Å². The van der Waals surface area contributed by atoms with Crippen molar-refractivity contribution in [2.75, 3.05) is 26.5 Å². The van der Waals surface area contributed by atoms with Gasteiger partial charge in [-0.25, -0.2) is 0 Å². The Bertz CT molecular complexity index is 97.7. The van der Waals surface area contributed by atoms with E-state index in [1.54, 1.807) is 7.11 Å². The van der Waals surface area contributed by atoms with Crippen LogP contribution in [0.4, 0.5) is 0 Å². The molecule has 0 radical (unpaired) electrons. The fraction of sp³-hybridized carbons (Fsp3) is 1.00. The van der Waals surface area contributed by atoms with Crippen LogP contribution in [0.5, 0.6) is 0 Å². The van der Waals surface area contributed by atoms with E-state index in [0.29, 0.717) is 6.35 Å². The zero-order chi connectivity index (χ0) is 7.40. The van der Waals surface area contributed by atoms with Crippen LogP contribution in [0, 0.1) is 0 Å². The Hall–Kier alpha value is 0.640. The number of hydrogen-bond acceptors (Lipinski definition) is 2. The van der Waals surface area contributed by atoms with Crippen molar-refractivity contribution in [3.63, 3.8) is 0 Å². The third-order valence-electron chi connectivity index (χ3n) is 1.62. The lowest BCUT2D eigenvalue weighted by atomic mass is 10.4. The number of halogens is 1. The van der Waals surface area contributed by atoms with Crippen molar-refractivity contribution in [3.8, 4) is 0 Å². The normalized spacial score (nSPS) is 23.4. The second-order valence-electron chi connectivity index (χ2n) is 2.42. The molecule has 0 aromatic heterocycles. The number of hydrogen-bond donors (Lipinski definition) is 0. The van der Waals surface area contributed by atoms with Gasteiger partial charge in [-0.2, -0.15) is 0 Å². The third kappa shape index (κ3) is 2.35. The highest BCUT2D eigenvalue weighted by Crippen LogP contribution is 2.46. The van der Waals surface area contributed by atoms with E-state index in [1.165, 1.54) is 25.9 Å². The second-order valence-corrected chi connectivity index (χ2v) is 5.08. The highest BCUT2D eigenvalue weighted by Gasteiger charge is 2.19. The zero-order valence-electron chi connectivity index (χ0n) is 6.22. The molecule has 1 rings (SSSR count). The summed E-state index contributed by atoms with van der Waals surface area (Å²) in [5.41, 5.74) is 0. The Balaban J connectivity index is 2.18. The third-order valence-corrected chi connectivity index (χ3v) is 4.04. The van der Waals surface area contributed by atoms with E-state index in [1.807, 2.05) is 0 Å². The standard InChI is InChI=1S/C6H13ClNOP/c1-9-6-10(7)8-4-2-3-5-8/h2-6H2,1H3. The van der Waals surface area contributed by atoms with E-state index in [4.69, 9.17) is 16.0 Å². The first-order valence-electron chi connectivity index (χ1n) is 3.51. The largest absolute Gasteiger partial charge is 0.378 e. The monoisotopic (exact) mass is 181 g/mol. The first-order chi connectivity index (χ1) is 4.84. The molecule has 1 unspecified atom stereocenters. The van der Waals surface area contributed by atoms with Gasteiger partial charge < -0.3 is 4.74 Å². The van der Waals surface area contributed by atoms with Crippen molar-refractivity contribution >= 4 is 18.7 Å². The summed E-state index contributed by atoms with van der Waals surface area (Å²) in [5.74, 6) is 0. The van der Waals surface area contributed by atoms with Gasteiger partial charge in [0.25, 0.3) is 0 Å². The molecule has 4 heteroatoms. The quantitative estimate of drug-likeness (QED) is 0.620. The van der Waals surface area contributed by atoms with Crippen LogP contribution in [-0.2, 0) is 4.74 Å². The smallest absolute Gasteiger partial charge is 0.0934 e. The van der Waals surface area contributed by atoms with Crippen LogP contribution < -0.4 is 0 Å². The van der Waals surface area contributed by atoms with Gasteiger partial charge in [-0.05, 0) is 12.8 Å². The summed E-state index contributed by atoms with van der Waals surface area (Å²) in [5, 5.41) is 0. The van der Waals surface area contributed by atoms with Crippen LogP contribution in [-0.4, -0.2) is 31.2 Å². The predicted octanol–water partition coefficient (Wildman–Crippen LogP) is 2.24. The Morgan fingerprint density at radius 3 is 2.60 bits per heavy atom. The fourth-order valence-electron chi connectivity index (χ4n) is 1.11. The van der Waals surface area contributed by atoms with Crippen LogP contribution in [0.3, 0.4) is 0 Å². The van der Waals surface area contributed by atoms with Crippen LogP contribution >= 0.6 is 18.7 Å². The summed E-state index contributed by atoms with van der Waals surface area (Å²) in [7, 11) is 1.20. The lowest BCUT2D eigenvalue weighted by molar-refractivity contribution is 0.251. The molecule has 10 heavy (non-hydrogen) atoms. The van der Waals surface area contributed by atoms with Gasteiger partial charge in [0.2, 0.25) is 0 Å². The lowest BCUT2D eigenvalue weighted by Crippen LogP contribution is -2.11. The van der Waals surface area contributed by atoms with Gasteiger partial charge in [0.15, 0.2) is 0 Å². The van der Waals surface area contributed by atoms with Gasteiger partial charge in [0, 0.05) is 20.2 Å². The average Bonchev–Trinajstić information content (AvgIpc) is 2.38. The molecule has 1 aliphatic rings. The Morgan fingerprint density at radius 1 is 1.50 bits per heavy atom. The van der Waals surface area contributed by atoms with Gasteiger partial charge in [0.1, 0.15) is 0 Å². The molecule has 60 valence electrons. The van der Waals surface area contributed by atoms with E-state index >= 15 is 0 Å². The summed E-state index contributed by atoms with van der Waals surface area (Å²) in [6, 6.07) is 0. The lowest BCUT2D eigenvalue weighted by Gasteiger charge is -2.19. The minimum Gasteiger partial charge on any atom is -0.378 e. The predicted molar refractivity (Wildman–Crippen MR) is 45.5 cm³/mol. The van der Waals surface area contributed by atoms with Crippen molar-refractivity contribution in [3.05, 3.63) is 0 Å². The highest BCUT2D eigenvalue weighted by molar-refractivity contribution is 7.81. The van der Waals surface area contributed by atoms with Gasteiger partial charge in [-0.3, -0.25) is 4.67 Å². The van der Waals surface area contributed by atoms with Crippen molar-refractivity contribution < 1.29 is 4.74 Å². The van der Waals surface area contributed by atoms with Crippen molar-refractivity contribution in [2.45, 2.75) is 12.8 Å². The van der Waals surface area contributed by atoms with E-state index in [2.05, 4.69) is 4.67 Å². The first-order valence-corrected chi connectivity index (χ1v) is 5.90. The minimum absolute atomic E-state index is 0.498. The zero-order valence-corrected chi connectivity index (χ0v) is 7.87. The number of ether oxygens (including phenoxy) is 1. The van der Waals surface area contributed by atoms with E-state index in [-0.39, 0.29) is 0 Å².